The summed E-state index contributed by atoms with van der Waals surface area (Å²) in [6.45, 7) is 1.05. The van der Waals surface area contributed by atoms with E-state index in [1.54, 1.807) is 0 Å². The van der Waals surface area contributed by atoms with Gasteiger partial charge < -0.3 is 15.6 Å². The molecule has 3 N–H and O–H groups in total. The first-order chi connectivity index (χ1) is 16.2. The van der Waals surface area contributed by atoms with Gasteiger partial charge in [-0.1, -0.05) is 25.0 Å². The van der Waals surface area contributed by atoms with Crippen molar-refractivity contribution in [2.24, 2.45) is 23.5 Å². The third-order valence-corrected chi connectivity index (χ3v) is 10.1. The summed E-state index contributed by atoms with van der Waals surface area (Å²) in [5.74, 6) is 3.41. The Balaban J connectivity index is 1.25. The van der Waals surface area contributed by atoms with Gasteiger partial charge in [0.15, 0.2) is 5.82 Å². The lowest BCUT2D eigenvalue weighted by atomic mass is 9.42. The van der Waals surface area contributed by atoms with Crippen LogP contribution in [0.15, 0.2) is 29.1 Å². The van der Waals surface area contributed by atoms with Gasteiger partial charge in [0.2, 0.25) is 0 Å². The maximum Gasteiger partial charge on any atom is 0.294 e. The number of nitrogens with two attached hydrogens (primary N) is 1. The van der Waals surface area contributed by atoms with E-state index in [4.69, 9.17) is 5.73 Å². The van der Waals surface area contributed by atoms with E-state index in [1.165, 1.54) is 51.4 Å². The number of piperidine rings is 2. The lowest BCUT2D eigenvalue weighted by Gasteiger charge is -2.73. The third-order valence-electron chi connectivity index (χ3n) is 10.1. The number of hydrogen-bond donors (Lipinski definition) is 2. The number of benzene rings is 1. The van der Waals surface area contributed by atoms with Crippen molar-refractivity contribution in [1.29, 1.82) is 0 Å². The van der Waals surface area contributed by atoms with Crippen LogP contribution in [0.4, 0.5) is 5.82 Å². The Morgan fingerprint density at radius 2 is 1.85 bits per heavy atom. The molecular weight excluding hydrogens is 410 g/mol. The molecule has 0 amide bonds. The number of rotatable bonds is 5. The van der Waals surface area contributed by atoms with Crippen LogP contribution in [0.2, 0.25) is 0 Å². The van der Waals surface area contributed by atoms with Crippen LogP contribution in [-0.2, 0) is 0 Å². The van der Waals surface area contributed by atoms with Crippen molar-refractivity contribution < 1.29 is 0 Å². The van der Waals surface area contributed by atoms with Gasteiger partial charge in [0, 0.05) is 36.8 Å². The molecule has 4 aliphatic carbocycles. The fraction of sp³-hybridized carbons (Fsp3) is 0.704. The summed E-state index contributed by atoms with van der Waals surface area (Å²) < 4.78 is 2.10. The molecule has 1 aromatic heterocycles. The standard InChI is InChI=1S/C27H37N5O/c28-10-11-29-25-26(33)31(24-7-2-1-6-23(24)30-25)21-13-19-4-3-5-20(14-21)32(19)27-15-17-8-9-22(27)18(12-17)16-27/h1-2,6-7,17-22H,3-5,8-16,28H2,(H,29,30)/t17-,18+,19-,20+,21?,22?,27-/m0/s1. The summed E-state index contributed by atoms with van der Waals surface area (Å²) in [4.78, 5) is 21.4. The minimum absolute atomic E-state index is 0.0252. The molecule has 8 rings (SSSR count). The van der Waals surface area contributed by atoms with E-state index in [-0.39, 0.29) is 11.6 Å². The largest absolute Gasteiger partial charge is 0.364 e. The van der Waals surface area contributed by atoms with E-state index in [0.717, 1.165) is 41.6 Å². The molecule has 6 aliphatic rings. The summed E-state index contributed by atoms with van der Waals surface area (Å²) in [5, 5.41) is 3.20. The van der Waals surface area contributed by atoms with Crippen LogP contribution in [0.3, 0.4) is 0 Å². The lowest BCUT2D eigenvalue weighted by Crippen LogP contribution is -2.75. The predicted molar refractivity (Wildman–Crippen MR) is 131 cm³/mol. The first-order valence-corrected chi connectivity index (χ1v) is 13.4. The maximum atomic E-state index is 13.6. The smallest absolute Gasteiger partial charge is 0.294 e. The number of anilines is 1. The molecule has 1 aromatic carbocycles. The zero-order valence-electron chi connectivity index (χ0n) is 19.6. The van der Waals surface area contributed by atoms with Gasteiger partial charge in [-0.15, -0.1) is 0 Å². The second kappa shape index (κ2) is 7.54. The van der Waals surface area contributed by atoms with Crippen molar-refractivity contribution >= 4 is 16.9 Å². The molecule has 7 atom stereocenters. The Bertz CT molecular complexity index is 1120. The van der Waals surface area contributed by atoms with Crippen LogP contribution >= 0.6 is 0 Å². The highest BCUT2D eigenvalue weighted by atomic mass is 16.1. The Hall–Kier alpha value is -1.92. The van der Waals surface area contributed by atoms with Gasteiger partial charge in [0.1, 0.15) is 0 Å². The molecular formula is C27H37N5O. The van der Waals surface area contributed by atoms with Crippen molar-refractivity contribution in [2.45, 2.75) is 87.9 Å². The first kappa shape index (κ1) is 20.5. The van der Waals surface area contributed by atoms with Crippen LogP contribution in [-0.4, -0.2) is 45.2 Å². The van der Waals surface area contributed by atoms with Gasteiger partial charge in [-0.3, -0.25) is 9.69 Å². The molecule has 2 saturated heterocycles. The zero-order chi connectivity index (χ0) is 22.2. The average molecular weight is 448 g/mol. The Morgan fingerprint density at radius 1 is 1.03 bits per heavy atom. The maximum absolute atomic E-state index is 13.6. The van der Waals surface area contributed by atoms with Crippen LogP contribution in [0, 0.1) is 17.8 Å². The van der Waals surface area contributed by atoms with Crippen LogP contribution < -0.4 is 16.6 Å². The van der Waals surface area contributed by atoms with E-state index in [2.05, 4.69) is 25.8 Å². The molecule has 2 aliphatic heterocycles. The van der Waals surface area contributed by atoms with Crippen LogP contribution in [0.25, 0.3) is 11.0 Å². The highest BCUT2D eigenvalue weighted by molar-refractivity contribution is 5.76. The molecule has 0 radical (unpaired) electrons. The van der Waals surface area contributed by atoms with Crippen molar-refractivity contribution in [3.05, 3.63) is 34.6 Å². The van der Waals surface area contributed by atoms with E-state index in [1.807, 2.05) is 18.2 Å². The van der Waals surface area contributed by atoms with Gasteiger partial charge >= 0.3 is 0 Å². The third kappa shape index (κ3) is 2.92. The summed E-state index contributed by atoms with van der Waals surface area (Å²) in [5.41, 5.74) is 8.12. The predicted octanol–water partition coefficient (Wildman–Crippen LogP) is 3.90. The fourth-order valence-corrected chi connectivity index (χ4v) is 9.17. The quantitative estimate of drug-likeness (QED) is 0.727. The minimum atomic E-state index is 0.0252. The summed E-state index contributed by atoms with van der Waals surface area (Å²) >= 11 is 0. The highest BCUT2D eigenvalue weighted by Gasteiger charge is 2.65. The number of fused-ring (bicyclic) bond motifs is 4. The average Bonchev–Trinajstić information content (AvgIpc) is 2.82. The van der Waals surface area contributed by atoms with E-state index in [0.29, 0.717) is 36.5 Å². The Labute approximate surface area is 195 Å². The summed E-state index contributed by atoms with van der Waals surface area (Å²) in [6.07, 6.45) is 13.5. The lowest BCUT2D eigenvalue weighted by molar-refractivity contribution is -0.221. The van der Waals surface area contributed by atoms with Crippen LogP contribution in [0.1, 0.15) is 70.3 Å². The molecule has 2 aromatic rings. The molecule has 2 unspecified atom stereocenters. The van der Waals surface area contributed by atoms with Gasteiger partial charge in [0.05, 0.1) is 11.0 Å². The SMILES string of the molecule is NCCNc1nc2ccccc2n(C2C[C@H]3CCC[C@@H](C2)N3[C@]23C[C@H]4CCC2[C@H](C4)C3)c1=O. The van der Waals surface area contributed by atoms with Gasteiger partial charge in [0.25, 0.3) is 5.56 Å². The molecule has 176 valence electrons. The van der Waals surface area contributed by atoms with Gasteiger partial charge in [-0.25, -0.2) is 4.98 Å². The normalized spacial score (nSPS) is 39.4. The van der Waals surface area contributed by atoms with Gasteiger partial charge in [-0.2, -0.15) is 0 Å². The monoisotopic (exact) mass is 447 g/mol. The van der Waals surface area contributed by atoms with Gasteiger partial charge in [-0.05, 0) is 81.3 Å². The van der Waals surface area contributed by atoms with Crippen molar-refractivity contribution in [3.8, 4) is 0 Å². The first-order valence-electron chi connectivity index (χ1n) is 13.4. The van der Waals surface area contributed by atoms with Crippen molar-refractivity contribution in [1.82, 2.24) is 14.5 Å². The molecule has 3 heterocycles. The second-order valence-corrected chi connectivity index (χ2v) is 11.7. The van der Waals surface area contributed by atoms with E-state index >= 15 is 0 Å². The van der Waals surface area contributed by atoms with Crippen LogP contribution in [0.5, 0.6) is 0 Å². The highest BCUT2D eigenvalue weighted by Crippen LogP contribution is 2.67. The number of nitrogens with zero attached hydrogens (tertiary/aromatic N) is 3. The molecule has 0 spiro atoms. The molecule has 6 heteroatoms. The second-order valence-electron chi connectivity index (χ2n) is 11.7. The Kier molecular flexibility index (Phi) is 4.67. The zero-order valence-corrected chi connectivity index (χ0v) is 19.6. The number of nitrogens with one attached hydrogen (secondary N) is 1. The molecule has 6 bridgehead atoms. The summed E-state index contributed by atoms with van der Waals surface area (Å²) in [6, 6.07) is 9.66. The molecule has 4 saturated carbocycles. The molecule has 6 nitrogen and oxygen atoms in total. The van der Waals surface area contributed by atoms with E-state index < -0.39 is 0 Å². The fourth-order valence-electron chi connectivity index (χ4n) is 9.17. The Morgan fingerprint density at radius 3 is 2.58 bits per heavy atom. The number of hydrogen-bond acceptors (Lipinski definition) is 5. The topological polar surface area (TPSA) is 76.2 Å². The van der Waals surface area contributed by atoms with Crippen molar-refractivity contribution in [3.63, 3.8) is 0 Å². The van der Waals surface area contributed by atoms with E-state index in [9.17, 15) is 4.79 Å². The number of aromatic nitrogens is 2. The molecule has 33 heavy (non-hydrogen) atoms. The minimum Gasteiger partial charge on any atom is -0.364 e. The summed E-state index contributed by atoms with van der Waals surface area (Å²) in [7, 11) is 0. The van der Waals surface area contributed by atoms with Crippen molar-refractivity contribution in [2.75, 3.05) is 18.4 Å². The number of para-hydroxylation sites is 2. The molecule has 6 fully saturated rings.